The maximum atomic E-state index is 5.85. The van der Waals surface area contributed by atoms with E-state index in [1.54, 1.807) is 0 Å². The first-order valence-corrected chi connectivity index (χ1v) is 34.4. The molecule has 0 N–H and O–H groups in total. The molecule has 4 aromatic heterocycles. The second kappa shape index (κ2) is 23.7. The molecule has 8 nitrogen and oxygen atoms in total. The normalized spacial score (nSPS) is 12.3. The van der Waals surface area contributed by atoms with Gasteiger partial charge < -0.3 is 18.9 Å². The zero-order chi connectivity index (χ0) is 66.5. The van der Waals surface area contributed by atoms with Gasteiger partial charge in [-0.2, -0.15) is 0 Å². The minimum atomic E-state index is -0.0123. The molecule has 0 aliphatic carbocycles. The van der Waals surface area contributed by atoms with Gasteiger partial charge in [-0.3, -0.25) is 0 Å². The Balaban J connectivity index is 0.832. The van der Waals surface area contributed by atoms with E-state index in [0.717, 1.165) is 146 Å². The van der Waals surface area contributed by atoms with Crippen molar-refractivity contribution in [3.63, 3.8) is 0 Å². The molecule has 18 aromatic rings. The largest absolute Gasteiger partial charge is 0.311 e. The molecule has 0 fully saturated rings. The Morgan fingerprint density at radius 3 is 1.17 bits per heavy atom. The molecule has 20 rings (SSSR count). The van der Waals surface area contributed by atoms with Crippen LogP contribution in [0.15, 0.2) is 358 Å². The number of aromatic nitrogens is 6. The van der Waals surface area contributed by atoms with Crippen LogP contribution in [0.25, 0.3) is 134 Å². The highest BCUT2D eigenvalue weighted by atomic mass is 15.2. The molecular formula is C92H59BN8. The molecule has 0 unspecified atom stereocenters. The molecule has 0 amide bonds. The summed E-state index contributed by atoms with van der Waals surface area (Å²) in [5.41, 5.74) is 27.8. The molecular weight excluding hydrogens is 1230 g/mol. The van der Waals surface area contributed by atoms with Gasteiger partial charge in [0.05, 0.1) is 50.5 Å². The van der Waals surface area contributed by atoms with E-state index in [-0.39, 0.29) is 6.71 Å². The number of hydrogen-bond acceptors (Lipinski definition) is 6. The molecule has 6 heterocycles. The Kier molecular flexibility index (Phi) is 13.5. The van der Waals surface area contributed by atoms with Crippen LogP contribution in [-0.2, 0) is 0 Å². The van der Waals surface area contributed by atoms with Crippen molar-refractivity contribution in [1.29, 1.82) is 0 Å². The second-order valence-electron chi connectivity index (χ2n) is 26.1. The van der Waals surface area contributed by atoms with E-state index >= 15 is 0 Å². The highest BCUT2D eigenvalue weighted by Crippen LogP contribution is 2.48. The summed E-state index contributed by atoms with van der Waals surface area (Å²) < 4.78 is 4.82. The first-order chi connectivity index (χ1) is 50.1. The maximum absolute atomic E-state index is 5.85. The highest BCUT2D eigenvalue weighted by molar-refractivity contribution is 7.00. The number of rotatable bonds is 11. The Hall–Kier alpha value is -13.5. The fourth-order valence-corrected chi connectivity index (χ4v) is 15.8. The summed E-state index contributed by atoms with van der Waals surface area (Å²) in [4.78, 5) is 27.4. The minimum Gasteiger partial charge on any atom is -0.311 e. The van der Waals surface area contributed by atoms with Crippen LogP contribution in [0.3, 0.4) is 0 Å². The molecule has 0 spiro atoms. The van der Waals surface area contributed by atoms with Crippen molar-refractivity contribution in [2.24, 2.45) is 0 Å². The molecule has 0 radical (unpaired) electrons. The predicted octanol–water partition coefficient (Wildman–Crippen LogP) is 21.2. The van der Waals surface area contributed by atoms with Gasteiger partial charge in [0.1, 0.15) is 0 Å². The summed E-state index contributed by atoms with van der Waals surface area (Å²) in [5, 5.41) is 4.65. The lowest BCUT2D eigenvalue weighted by Gasteiger charge is -2.44. The van der Waals surface area contributed by atoms with Gasteiger partial charge in [-0.1, -0.05) is 237 Å². The molecule has 0 saturated carbocycles. The minimum absolute atomic E-state index is 0.0123. The van der Waals surface area contributed by atoms with Crippen LogP contribution in [0.1, 0.15) is 0 Å². The smallest absolute Gasteiger partial charge is 0.252 e. The van der Waals surface area contributed by atoms with E-state index < -0.39 is 0 Å². The molecule has 0 bridgehead atoms. The summed E-state index contributed by atoms with van der Waals surface area (Å²) >= 11 is 0. The van der Waals surface area contributed by atoms with E-state index in [0.29, 0.717) is 11.6 Å². The SMILES string of the molecule is c1ccc(-c2cc(-c3ccccc3)nc(-c3ccc(-n4c5ccccc5c5cc6c7ccccc7n(-c7ccccc7)c6cc54)c(-c4nc(-c5ccccc5)cc(-c5cccc(-c6cc7c8c(c6)N(c6ccccc6)c6ccccc6B8c6ccccc6N7c6ccccc6)c5)n4)c3)n2)cc1. The van der Waals surface area contributed by atoms with Crippen molar-refractivity contribution in [1.82, 2.24) is 29.1 Å². The first-order valence-electron chi connectivity index (χ1n) is 34.4. The molecule has 2 aliphatic heterocycles. The third-order valence-electron chi connectivity index (χ3n) is 20.3. The topological polar surface area (TPSA) is 67.9 Å². The van der Waals surface area contributed by atoms with Crippen molar-refractivity contribution < 1.29 is 0 Å². The van der Waals surface area contributed by atoms with Gasteiger partial charge >= 0.3 is 0 Å². The van der Waals surface area contributed by atoms with Crippen LogP contribution in [0.5, 0.6) is 0 Å². The first kappa shape index (κ1) is 57.7. The van der Waals surface area contributed by atoms with Gasteiger partial charge in [0.25, 0.3) is 6.71 Å². The average molecular weight is 1290 g/mol. The molecule has 101 heavy (non-hydrogen) atoms. The third-order valence-corrected chi connectivity index (χ3v) is 20.3. The van der Waals surface area contributed by atoms with Gasteiger partial charge in [-0.15, -0.1) is 0 Å². The summed E-state index contributed by atoms with van der Waals surface area (Å²) in [5.74, 6) is 1.13. The summed E-state index contributed by atoms with van der Waals surface area (Å²) in [6.45, 7) is -0.0123. The number of hydrogen-bond donors (Lipinski definition) is 0. The predicted molar refractivity (Wildman–Crippen MR) is 418 cm³/mol. The number of fused-ring (bicyclic) bond motifs is 10. The maximum Gasteiger partial charge on any atom is 0.252 e. The van der Waals surface area contributed by atoms with Gasteiger partial charge in [0.2, 0.25) is 0 Å². The van der Waals surface area contributed by atoms with Crippen LogP contribution >= 0.6 is 0 Å². The second-order valence-corrected chi connectivity index (χ2v) is 26.1. The molecule has 470 valence electrons. The molecule has 2 aliphatic rings. The van der Waals surface area contributed by atoms with E-state index in [1.165, 1.54) is 27.2 Å². The lowest BCUT2D eigenvalue weighted by atomic mass is 9.33. The van der Waals surface area contributed by atoms with Crippen LogP contribution < -0.4 is 26.2 Å². The summed E-state index contributed by atoms with van der Waals surface area (Å²) in [6, 6.07) is 129. The third kappa shape index (κ3) is 9.61. The Labute approximate surface area is 584 Å². The zero-order valence-electron chi connectivity index (χ0n) is 54.7. The van der Waals surface area contributed by atoms with Crippen molar-refractivity contribution >= 4 is 101 Å². The number of para-hydroxylation sites is 7. The van der Waals surface area contributed by atoms with Crippen molar-refractivity contribution in [3.05, 3.63) is 358 Å². The van der Waals surface area contributed by atoms with Gasteiger partial charge in [0, 0.05) is 94.7 Å². The standard InChI is InChI=1S/C92H59BN8/c1-7-28-60(29-8-1)77-57-78(61-30-9-2-10-31-61)95-91(94-77)65-50-51-83(101-82-47-24-20-43-71(82)73-56-72-70-42-19-23-46-81(70)98(86(72)59-87(73)101)67-36-13-4-14-37-67)74(53-65)92-96-79(62-32-11-3-12-33-62)58-80(97-92)64-35-27-34-63(52-64)66-54-88-90-89(55-66)100(69-40-17-6-18-41-69)85-49-26-22-45-76(85)93(90)75-44-21-25-48-84(75)99(88)68-38-15-5-16-39-68/h1-59H. The number of anilines is 6. The Morgan fingerprint density at radius 1 is 0.218 bits per heavy atom. The van der Waals surface area contributed by atoms with Crippen LogP contribution in [-0.4, -0.2) is 35.8 Å². The van der Waals surface area contributed by atoms with Crippen LogP contribution in [0, 0.1) is 0 Å². The van der Waals surface area contributed by atoms with Crippen LogP contribution in [0.4, 0.5) is 34.1 Å². The van der Waals surface area contributed by atoms with E-state index in [2.05, 4.69) is 365 Å². The van der Waals surface area contributed by atoms with Gasteiger partial charge in [-0.05, 0) is 149 Å². The quantitative estimate of drug-likeness (QED) is 0.120. The fraction of sp³-hybridized carbons (Fsp3) is 0. The lowest BCUT2D eigenvalue weighted by Crippen LogP contribution is -2.61. The molecule has 0 atom stereocenters. The van der Waals surface area contributed by atoms with E-state index in [9.17, 15) is 0 Å². The molecule has 9 heteroatoms. The van der Waals surface area contributed by atoms with E-state index in [1.807, 2.05) is 12.1 Å². The number of benzene rings is 14. The van der Waals surface area contributed by atoms with Crippen molar-refractivity contribution in [3.8, 4) is 90.3 Å². The van der Waals surface area contributed by atoms with E-state index in [4.69, 9.17) is 19.9 Å². The average Bonchev–Trinajstić information content (AvgIpc) is 1.33. The van der Waals surface area contributed by atoms with Crippen molar-refractivity contribution in [2.45, 2.75) is 0 Å². The Bertz CT molecular complexity index is 6110. The fourth-order valence-electron chi connectivity index (χ4n) is 15.8. The summed E-state index contributed by atoms with van der Waals surface area (Å²) in [7, 11) is 0. The Morgan fingerprint density at radius 2 is 0.634 bits per heavy atom. The van der Waals surface area contributed by atoms with Gasteiger partial charge in [-0.25, -0.2) is 19.9 Å². The van der Waals surface area contributed by atoms with Crippen molar-refractivity contribution in [2.75, 3.05) is 9.80 Å². The lowest BCUT2D eigenvalue weighted by molar-refractivity contribution is 1.13. The van der Waals surface area contributed by atoms with Gasteiger partial charge in [0.15, 0.2) is 11.6 Å². The zero-order valence-corrected chi connectivity index (χ0v) is 54.7. The number of nitrogens with zero attached hydrogens (tertiary/aromatic N) is 8. The summed E-state index contributed by atoms with van der Waals surface area (Å²) in [6.07, 6.45) is 0. The monoisotopic (exact) mass is 1290 g/mol. The van der Waals surface area contributed by atoms with Crippen LogP contribution in [0.2, 0.25) is 0 Å². The molecule has 14 aromatic carbocycles. The molecule has 0 saturated heterocycles. The highest BCUT2D eigenvalue weighted by Gasteiger charge is 2.43.